The molecule has 1 aromatic heterocycles. The lowest BCUT2D eigenvalue weighted by atomic mass is 10.1. The zero-order valence-electron chi connectivity index (χ0n) is 10.4. The smallest absolute Gasteiger partial charge is 0.0726 e. The van der Waals surface area contributed by atoms with E-state index in [4.69, 9.17) is 5.73 Å². The molecule has 1 aliphatic rings. The molecule has 0 radical (unpaired) electrons. The number of nitrogen functional groups attached to an aromatic ring is 1. The summed E-state index contributed by atoms with van der Waals surface area (Å²) >= 11 is 0. The van der Waals surface area contributed by atoms with E-state index in [0.717, 1.165) is 35.2 Å². The fraction of sp³-hybridized carbons (Fsp3) is 0.357. The maximum absolute atomic E-state index is 6.22. The number of pyridine rings is 1. The SMILES string of the molecule is Nc1c(NN2CCCCC2)ccc2cnccc12. The van der Waals surface area contributed by atoms with E-state index in [9.17, 15) is 0 Å². The van der Waals surface area contributed by atoms with Crippen LogP contribution in [0.3, 0.4) is 0 Å². The van der Waals surface area contributed by atoms with Crippen molar-refractivity contribution in [2.75, 3.05) is 24.2 Å². The summed E-state index contributed by atoms with van der Waals surface area (Å²) in [7, 11) is 0. The van der Waals surface area contributed by atoms with Crippen LogP contribution in [0.5, 0.6) is 0 Å². The van der Waals surface area contributed by atoms with E-state index in [2.05, 4.69) is 21.5 Å². The van der Waals surface area contributed by atoms with Gasteiger partial charge in [0.2, 0.25) is 0 Å². The molecule has 2 aromatic rings. The topological polar surface area (TPSA) is 54.2 Å². The van der Waals surface area contributed by atoms with E-state index in [0.29, 0.717) is 0 Å². The molecule has 0 bridgehead atoms. The van der Waals surface area contributed by atoms with Crippen molar-refractivity contribution < 1.29 is 0 Å². The molecule has 1 aromatic carbocycles. The maximum Gasteiger partial charge on any atom is 0.0726 e. The Morgan fingerprint density at radius 2 is 1.94 bits per heavy atom. The highest BCUT2D eigenvalue weighted by Crippen LogP contribution is 2.28. The molecule has 0 unspecified atom stereocenters. The Balaban J connectivity index is 1.89. The first kappa shape index (κ1) is 11.3. The summed E-state index contributed by atoms with van der Waals surface area (Å²) < 4.78 is 0. The predicted molar refractivity (Wildman–Crippen MR) is 75.2 cm³/mol. The number of aromatic nitrogens is 1. The number of nitrogens with zero attached hydrogens (tertiary/aromatic N) is 2. The molecule has 1 saturated heterocycles. The monoisotopic (exact) mass is 242 g/mol. The second-order valence-electron chi connectivity index (χ2n) is 4.78. The Labute approximate surface area is 107 Å². The molecule has 3 rings (SSSR count). The van der Waals surface area contributed by atoms with Gasteiger partial charge < -0.3 is 11.2 Å². The van der Waals surface area contributed by atoms with Crippen LogP contribution in [-0.4, -0.2) is 23.1 Å². The summed E-state index contributed by atoms with van der Waals surface area (Å²) in [4.78, 5) is 4.11. The molecule has 94 valence electrons. The van der Waals surface area contributed by atoms with Gasteiger partial charge in [-0.05, 0) is 25.0 Å². The highest BCUT2D eigenvalue weighted by Gasteiger charge is 2.11. The van der Waals surface area contributed by atoms with Gasteiger partial charge in [0.25, 0.3) is 0 Å². The number of hydrogen-bond acceptors (Lipinski definition) is 4. The number of hydrazine groups is 1. The first-order valence-corrected chi connectivity index (χ1v) is 6.48. The van der Waals surface area contributed by atoms with Gasteiger partial charge >= 0.3 is 0 Å². The van der Waals surface area contributed by atoms with Crippen molar-refractivity contribution in [3.63, 3.8) is 0 Å². The van der Waals surface area contributed by atoms with Crippen molar-refractivity contribution in [2.24, 2.45) is 0 Å². The zero-order valence-corrected chi connectivity index (χ0v) is 10.4. The highest BCUT2D eigenvalue weighted by atomic mass is 15.5. The van der Waals surface area contributed by atoms with Gasteiger partial charge in [0.1, 0.15) is 0 Å². The Bertz CT molecular complexity index is 546. The minimum absolute atomic E-state index is 0.806. The van der Waals surface area contributed by atoms with Gasteiger partial charge in [-0.2, -0.15) is 0 Å². The number of hydrogen-bond donors (Lipinski definition) is 2. The molecule has 0 saturated carbocycles. The molecule has 4 nitrogen and oxygen atoms in total. The van der Waals surface area contributed by atoms with Gasteiger partial charge in [0, 0.05) is 36.3 Å². The van der Waals surface area contributed by atoms with Crippen LogP contribution in [0.25, 0.3) is 10.8 Å². The number of nitrogens with two attached hydrogens (primary N) is 1. The first-order chi connectivity index (χ1) is 8.84. The zero-order chi connectivity index (χ0) is 12.4. The minimum Gasteiger partial charge on any atom is -0.397 e. The average Bonchev–Trinajstić information content (AvgIpc) is 2.43. The van der Waals surface area contributed by atoms with Gasteiger partial charge in [-0.15, -0.1) is 0 Å². The number of benzene rings is 1. The summed E-state index contributed by atoms with van der Waals surface area (Å²) in [6, 6.07) is 6.06. The van der Waals surface area contributed by atoms with E-state index in [-0.39, 0.29) is 0 Å². The van der Waals surface area contributed by atoms with Crippen molar-refractivity contribution >= 4 is 22.1 Å². The second kappa shape index (κ2) is 4.82. The largest absolute Gasteiger partial charge is 0.397 e. The van der Waals surface area contributed by atoms with Crippen LogP contribution in [-0.2, 0) is 0 Å². The van der Waals surface area contributed by atoms with Crippen molar-refractivity contribution in [1.29, 1.82) is 0 Å². The van der Waals surface area contributed by atoms with Crippen molar-refractivity contribution in [3.05, 3.63) is 30.6 Å². The lowest BCUT2D eigenvalue weighted by Gasteiger charge is -2.28. The van der Waals surface area contributed by atoms with Gasteiger partial charge in [-0.25, -0.2) is 5.01 Å². The molecule has 3 N–H and O–H groups in total. The molecule has 18 heavy (non-hydrogen) atoms. The summed E-state index contributed by atoms with van der Waals surface area (Å²) in [5, 5.41) is 4.40. The molecule has 0 aliphatic carbocycles. The number of anilines is 2. The Morgan fingerprint density at radius 3 is 2.78 bits per heavy atom. The lowest BCUT2D eigenvalue weighted by molar-refractivity contribution is 0.273. The Kier molecular flexibility index (Phi) is 3.02. The number of piperidine rings is 1. The molecular formula is C14H18N4. The van der Waals surface area contributed by atoms with Crippen LogP contribution in [0.15, 0.2) is 30.6 Å². The molecule has 0 amide bonds. The maximum atomic E-state index is 6.22. The molecule has 2 heterocycles. The van der Waals surface area contributed by atoms with E-state index < -0.39 is 0 Å². The van der Waals surface area contributed by atoms with Crippen LogP contribution in [0.1, 0.15) is 19.3 Å². The lowest BCUT2D eigenvalue weighted by Crippen LogP contribution is -2.35. The van der Waals surface area contributed by atoms with Crippen molar-refractivity contribution in [1.82, 2.24) is 9.99 Å². The fourth-order valence-corrected chi connectivity index (χ4v) is 2.47. The molecular weight excluding hydrogens is 224 g/mol. The Morgan fingerprint density at radius 1 is 1.11 bits per heavy atom. The van der Waals surface area contributed by atoms with E-state index in [1.807, 2.05) is 18.3 Å². The third-order valence-corrected chi connectivity index (χ3v) is 3.50. The average molecular weight is 242 g/mol. The van der Waals surface area contributed by atoms with Crippen molar-refractivity contribution in [3.8, 4) is 0 Å². The first-order valence-electron chi connectivity index (χ1n) is 6.48. The van der Waals surface area contributed by atoms with Crippen LogP contribution < -0.4 is 11.2 Å². The summed E-state index contributed by atoms with van der Waals surface area (Å²) in [6.45, 7) is 2.18. The minimum atomic E-state index is 0.806. The second-order valence-corrected chi connectivity index (χ2v) is 4.78. The molecule has 1 aliphatic heterocycles. The summed E-state index contributed by atoms with van der Waals surface area (Å²) in [5.41, 5.74) is 11.5. The van der Waals surface area contributed by atoms with Gasteiger partial charge in [-0.3, -0.25) is 4.98 Å². The van der Waals surface area contributed by atoms with Gasteiger partial charge in [0.15, 0.2) is 0 Å². The summed E-state index contributed by atoms with van der Waals surface area (Å²) in [5.74, 6) is 0. The van der Waals surface area contributed by atoms with E-state index in [1.165, 1.54) is 19.3 Å². The number of fused-ring (bicyclic) bond motifs is 1. The molecule has 1 fully saturated rings. The standard InChI is InChI=1S/C14H18N4/c15-14-12-6-7-16-10-11(12)4-5-13(14)17-18-8-2-1-3-9-18/h4-7,10,17H,1-3,8-9,15H2. The quantitative estimate of drug-likeness (QED) is 0.795. The number of nitrogens with one attached hydrogen (secondary N) is 1. The highest BCUT2D eigenvalue weighted by molar-refractivity contribution is 5.98. The Hall–Kier alpha value is -1.81. The normalized spacial score (nSPS) is 16.9. The molecule has 4 heteroatoms. The fourth-order valence-electron chi connectivity index (χ4n) is 2.47. The van der Waals surface area contributed by atoms with Crippen LogP contribution in [0.2, 0.25) is 0 Å². The van der Waals surface area contributed by atoms with Crippen molar-refractivity contribution in [2.45, 2.75) is 19.3 Å². The summed E-state index contributed by atoms with van der Waals surface area (Å²) in [6.07, 6.45) is 7.46. The van der Waals surface area contributed by atoms with Gasteiger partial charge in [-0.1, -0.05) is 12.5 Å². The number of rotatable bonds is 2. The third-order valence-electron chi connectivity index (χ3n) is 3.50. The van der Waals surface area contributed by atoms with Crippen LogP contribution in [0.4, 0.5) is 11.4 Å². The molecule has 0 atom stereocenters. The third kappa shape index (κ3) is 2.11. The predicted octanol–water partition coefficient (Wildman–Crippen LogP) is 2.63. The van der Waals surface area contributed by atoms with Crippen LogP contribution >= 0.6 is 0 Å². The molecule has 0 spiro atoms. The van der Waals surface area contributed by atoms with Crippen LogP contribution in [0, 0.1) is 0 Å². The van der Waals surface area contributed by atoms with Gasteiger partial charge in [0.05, 0.1) is 11.4 Å². The van der Waals surface area contributed by atoms with E-state index in [1.54, 1.807) is 6.20 Å². The van der Waals surface area contributed by atoms with E-state index >= 15 is 0 Å².